The van der Waals surface area contributed by atoms with Crippen molar-refractivity contribution in [1.29, 1.82) is 0 Å². The molecule has 0 bridgehead atoms. The molecule has 0 aliphatic heterocycles. The van der Waals surface area contributed by atoms with E-state index in [1.54, 1.807) is 0 Å². The summed E-state index contributed by atoms with van der Waals surface area (Å²) in [4.78, 5) is 0. The van der Waals surface area contributed by atoms with E-state index in [-0.39, 0.29) is 5.41 Å². The largest absolute Gasteiger partial charge is 0.316 e. The first kappa shape index (κ1) is 14.0. The van der Waals surface area contributed by atoms with Crippen LogP contribution >= 0.6 is 0 Å². The molecule has 0 saturated heterocycles. The standard InChI is InChI=1S/C14H25N3/c1-6-14(4,11-15-10-12(2)3)9-13-7-8-17(5)16-13/h6-8,12,15H,1,9-11H2,2-5H3. The molecule has 0 aromatic carbocycles. The Bertz CT molecular complexity index is 354. The summed E-state index contributed by atoms with van der Waals surface area (Å²) in [5.74, 6) is 0.680. The zero-order valence-electron chi connectivity index (χ0n) is 11.5. The molecule has 96 valence electrons. The first-order valence-corrected chi connectivity index (χ1v) is 6.28. The van der Waals surface area contributed by atoms with Crippen LogP contribution in [0.25, 0.3) is 0 Å². The van der Waals surface area contributed by atoms with Crippen LogP contribution in [0.15, 0.2) is 24.9 Å². The first-order valence-electron chi connectivity index (χ1n) is 6.28. The van der Waals surface area contributed by atoms with E-state index in [1.807, 2.05) is 24.0 Å². The molecule has 1 heterocycles. The fraction of sp³-hybridized carbons (Fsp3) is 0.643. The molecule has 0 radical (unpaired) electrons. The van der Waals surface area contributed by atoms with Crippen molar-refractivity contribution in [3.05, 3.63) is 30.6 Å². The van der Waals surface area contributed by atoms with Crippen LogP contribution in [0.2, 0.25) is 0 Å². The van der Waals surface area contributed by atoms with Crippen molar-refractivity contribution in [2.45, 2.75) is 27.2 Å². The number of aromatic nitrogens is 2. The second-order valence-electron chi connectivity index (χ2n) is 5.54. The van der Waals surface area contributed by atoms with E-state index in [1.165, 1.54) is 0 Å². The van der Waals surface area contributed by atoms with Gasteiger partial charge in [-0.25, -0.2) is 0 Å². The highest BCUT2D eigenvalue weighted by Crippen LogP contribution is 2.22. The molecule has 1 atom stereocenters. The molecule has 3 heteroatoms. The van der Waals surface area contributed by atoms with E-state index in [2.05, 4.69) is 43.8 Å². The molecular formula is C14H25N3. The third kappa shape index (κ3) is 4.73. The molecule has 0 spiro atoms. The van der Waals surface area contributed by atoms with Gasteiger partial charge in [-0.15, -0.1) is 6.58 Å². The van der Waals surface area contributed by atoms with Gasteiger partial charge < -0.3 is 5.32 Å². The zero-order chi connectivity index (χ0) is 12.9. The SMILES string of the molecule is C=CC(C)(CNCC(C)C)Cc1ccn(C)n1. The van der Waals surface area contributed by atoms with Crippen molar-refractivity contribution >= 4 is 0 Å². The topological polar surface area (TPSA) is 29.9 Å². The summed E-state index contributed by atoms with van der Waals surface area (Å²) in [6, 6.07) is 2.07. The summed E-state index contributed by atoms with van der Waals surface area (Å²) in [5, 5.41) is 7.93. The summed E-state index contributed by atoms with van der Waals surface area (Å²) in [6.45, 7) is 12.6. The Balaban J connectivity index is 2.53. The van der Waals surface area contributed by atoms with Gasteiger partial charge in [0.1, 0.15) is 0 Å². The number of hydrogen-bond donors (Lipinski definition) is 1. The second-order valence-corrected chi connectivity index (χ2v) is 5.54. The fourth-order valence-corrected chi connectivity index (χ4v) is 1.82. The van der Waals surface area contributed by atoms with Crippen LogP contribution in [0.4, 0.5) is 0 Å². The Morgan fingerprint density at radius 1 is 1.59 bits per heavy atom. The maximum absolute atomic E-state index is 4.43. The van der Waals surface area contributed by atoms with Gasteiger partial charge in [0.15, 0.2) is 0 Å². The maximum atomic E-state index is 4.43. The molecule has 1 aromatic rings. The van der Waals surface area contributed by atoms with Crippen LogP contribution in [0.3, 0.4) is 0 Å². The molecule has 0 amide bonds. The molecule has 0 saturated carbocycles. The van der Waals surface area contributed by atoms with Crippen molar-refractivity contribution < 1.29 is 0 Å². The zero-order valence-corrected chi connectivity index (χ0v) is 11.5. The summed E-state index contributed by atoms with van der Waals surface area (Å²) < 4.78 is 1.85. The van der Waals surface area contributed by atoms with Crippen LogP contribution in [-0.2, 0) is 13.5 Å². The lowest BCUT2D eigenvalue weighted by molar-refractivity contribution is 0.373. The first-order chi connectivity index (χ1) is 7.95. The Hall–Kier alpha value is -1.09. The average Bonchev–Trinajstić information content (AvgIpc) is 2.63. The highest BCUT2D eigenvalue weighted by atomic mass is 15.2. The summed E-state index contributed by atoms with van der Waals surface area (Å²) in [7, 11) is 1.95. The van der Waals surface area contributed by atoms with E-state index < -0.39 is 0 Å². The smallest absolute Gasteiger partial charge is 0.0633 e. The minimum Gasteiger partial charge on any atom is -0.316 e. The van der Waals surface area contributed by atoms with Crippen LogP contribution in [0.5, 0.6) is 0 Å². The van der Waals surface area contributed by atoms with Gasteiger partial charge in [0.2, 0.25) is 0 Å². The lowest BCUT2D eigenvalue weighted by Crippen LogP contribution is -2.34. The molecule has 1 rings (SSSR count). The van der Waals surface area contributed by atoms with Crippen LogP contribution in [0.1, 0.15) is 26.5 Å². The predicted molar refractivity (Wildman–Crippen MR) is 72.9 cm³/mol. The Kier molecular flexibility index (Phi) is 4.94. The minimum atomic E-state index is 0.0727. The molecular weight excluding hydrogens is 210 g/mol. The highest BCUT2D eigenvalue weighted by Gasteiger charge is 2.21. The minimum absolute atomic E-state index is 0.0727. The van der Waals surface area contributed by atoms with E-state index in [0.29, 0.717) is 5.92 Å². The van der Waals surface area contributed by atoms with Crippen molar-refractivity contribution in [3.63, 3.8) is 0 Å². The normalized spacial score (nSPS) is 14.9. The monoisotopic (exact) mass is 235 g/mol. The molecule has 1 aromatic heterocycles. The van der Waals surface area contributed by atoms with Gasteiger partial charge in [0, 0.05) is 31.6 Å². The Morgan fingerprint density at radius 2 is 2.29 bits per heavy atom. The van der Waals surface area contributed by atoms with Crippen LogP contribution in [0, 0.1) is 11.3 Å². The Labute approximate surface area is 105 Å². The quantitative estimate of drug-likeness (QED) is 0.736. The summed E-state index contributed by atoms with van der Waals surface area (Å²) in [5.41, 5.74) is 1.20. The van der Waals surface area contributed by atoms with Gasteiger partial charge in [0.25, 0.3) is 0 Å². The van der Waals surface area contributed by atoms with E-state index in [9.17, 15) is 0 Å². The molecule has 0 fully saturated rings. The number of rotatable bonds is 7. The second kappa shape index (κ2) is 6.01. The molecule has 3 nitrogen and oxygen atoms in total. The third-order valence-electron chi connectivity index (χ3n) is 2.93. The molecule has 0 aliphatic rings. The van der Waals surface area contributed by atoms with Gasteiger partial charge in [-0.05, 0) is 18.5 Å². The van der Waals surface area contributed by atoms with Crippen molar-refractivity contribution in [1.82, 2.24) is 15.1 Å². The fourth-order valence-electron chi connectivity index (χ4n) is 1.82. The lowest BCUT2D eigenvalue weighted by atomic mass is 9.85. The van der Waals surface area contributed by atoms with Crippen molar-refractivity contribution in [2.75, 3.05) is 13.1 Å². The number of nitrogens with zero attached hydrogens (tertiary/aromatic N) is 2. The van der Waals surface area contributed by atoms with Crippen molar-refractivity contribution in [2.24, 2.45) is 18.4 Å². The Morgan fingerprint density at radius 3 is 2.76 bits per heavy atom. The number of aryl methyl sites for hydroxylation is 1. The third-order valence-corrected chi connectivity index (χ3v) is 2.93. The van der Waals surface area contributed by atoms with Crippen molar-refractivity contribution in [3.8, 4) is 0 Å². The number of hydrogen-bond acceptors (Lipinski definition) is 2. The summed E-state index contributed by atoms with van der Waals surface area (Å²) >= 11 is 0. The highest BCUT2D eigenvalue weighted by molar-refractivity contribution is 5.07. The molecule has 0 aliphatic carbocycles. The van der Waals surface area contributed by atoms with Gasteiger partial charge in [-0.3, -0.25) is 4.68 Å². The maximum Gasteiger partial charge on any atom is 0.0633 e. The average molecular weight is 235 g/mol. The predicted octanol–water partition coefficient (Wildman–Crippen LogP) is 2.40. The molecule has 1 N–H and O–H groups in total. The van der Waals surface area contributed by atoms with Crippen LogP contribution in [-0.4, -0.2) is 22.9 Å². The van der Waals surface area contributed by atoms with Crippen LogP contribution < -0.4 is 5.32 Å². The molecule has 17 heavy (non-hydrogen) atoms. The van der Waals surface area contributed by atoms with E-state index >= 15 is 0 Å². The van der Waals surface area contributed by atoms with Gasteiger partial charge in [-0.2, -0.15) is 5.10 Å². The van der Waals surface area contributed by atoms with E-state index in [4.69, 9.17) is 0 Å². The lowest BCUT2D eigenvalue weighted by Gasteiger charge is -2.25. The van der Waals surface area contributed by atoms with Gasteiger partial charge in [0.05, 0.1) is 5.69 Å². The van der Waals surface area contributed by atoms with Gasteiger partial charge in [-0.1, -0.05) is 26.8 Å². The number of nitrogens with one attached hydrogen (secondary N) is 1. The van der Waals surface area contributed by atoms with E-state index in [0.717, 1.165) is 25.2 Å². The summed E-state index contributed by atoms with van der Waals surface area (Å²) in [6.07, 6.45) is 4.96. The van der Waals surface area contributed by atoms with Gasteiger partial charge >= 0.3 is 0 Å². The molecule has 1 unspecified atom stereocenters.